The highest BCUT2D eigenvalue weighted by atomic mass is 16.6. The molecule has 1 aromatic heterocycles. The average Bonchev–Trinajstić information content (AvgIpc) is 2.68. The predicted molar refractivity (Wildman–Crippen MR) is 70.0 cm³/mol. The summed E-state index contributed by atoms with van der Waals surface area (Å²) in [5.74, 6) is -0.130. The minimum absolute atomic E-state index is 0.130. The number of phenolic OH excluding ortho intramolecular Hbond substituents is 1. The molecule has 7 heteroatoms. The Hall–Kier alpha value is -2.57. The highest BCUT2D eigenvalue weighted by Crippen LogP contribution is 2.28. The normalized spacial score (nSPS) is 10.4. The first-order valence-electron chi connectivity index (χ1n) is 5.68. The fourth-order valence-electron chi connectivity index (χ4n) is 1.73. The van der Waals surface area contributed by atoms with Crippen LogP contribution in [0.5, 0.6) is 5.75 Å². The maximum atomic E-state index is 10.9. The highest BCUT2D eigenvalue weighted by molar-refractivity contribution is 5.63. The van der Waals surface area contributed by atoms with E-state index in [0.29, 0.717) is 12.2 Å². The third-order valence-electron chi connectivity index (χ3n) is 2.98. The number of hydrogen-bond donors (Lipinski definition) is 2. The predicted octanol–water partition coefficient (Wildman–Crippen LogP) is 1.95. The second-order valence-corrected chi connectivity index (χ2v) is 4.19. The molecular formula is C12H14N4O3. The third kappa shape index (κ3) is 2.65. The van der Waals surface area contributed by atoms with Crippen molar-refractivity contribution in [2.45, 2.75) is 13.5 Å². The van der Waals surface area contributed by atoms with E-state index in [1.807, 2.05) is 14.0 Å². The summed E-state index contributed by atoms with van der Waals surface area (Å²) in [6.07, 6.45) is 1.72. The summed E-state index contributed by atoms with van der Waals surface area (Å²) in [6.45, 7) is 2.36. The van der Waals surface area contributed by atoms with Crippen LogP contribution in [0.4, 0.5) is 11.4 Å². The van der Waals surface area contributed by atoms with Gasteiger partial charge in [-0.1, -0.05) is 0 Å². The van der Waals surface area contributed by atoms with Gasteiger partial charge in [-0.2, -0.15) is 5.10 Å². The van der Waals surface area contributed by atoms with Crippen LogP contribution < -0.4 is 5.32 Å². The molecule has 0 saturated heterocycles. The Balaban J connectivity index is 2.20. The number of nitrogens with zero attached hydrogens (tertiary/aromatic N) is 3. The number of nitro groups is 1. The van der Waals surface area contributed by atoms with Crippen molar-refractivity contribution < 1.29 is 10.0 Å². The van der Waals surface area contributed by atoms with Gasteiger partial charge in [-0.05, 0) is 19.1 Å². The van der Waals surface area contributed by atoms with Crippen LogP contribution in [0.1, 0.15) is 11.3 Å². The number of phenols is 1. The second kappa shape index (κ2) is 4.97. The van der Waals surface area contributed by atoms with E-state index in [1.165, 1.54) is 12.1 Å². The number of hydrogen-bond acceptors (Lipinski definition) is 5. The Morgan fingerprint density at radius 2 is 2.26 bits per heavy atom. The molecule has 0 atom stereocenters. The van der Waals surface area contributed by atoms with Crippen molar-refractivity contribution in [1.82, 2.24) is 9.78 Å². The molecule has 2 aromatic rings. The van der Waals surface area contributed by atoms with E-state index in [0.717, 1.165) is 17.3 Å². The molecule has 7 nitrogen and oxygen atoms in total. The highest BCUT2D eigenvalue weighted by Gasteiger charge is 2.14. The zero-order valence-electron chi connectivity index (χ0n) is 10.6. The molecule has 2 N–H and O–H groups in total. The molecule has 0 aliphatic rings. The molecule has 1 aromatic carbocycles. The summed E-state index contributed by atoms with van der Waals surface area (Å²) >= 11 is 0. The van der Waals surface area contributed by atoms with Crippen LogP contribution in [0.15, 0.2) is 24.4 Å². The lowest BCUT2D eigenvalue weighted by Crippen LogP contribution is -2.03. The summed E-state index contributed by atoms with van der Waals surface area (Å²) in [4.78, 5) is 10.4. The maximum Gasteiger partial charge on any atom is 0.296 e. The number of benzene rings is 1. The molecule has 1 heterocycles. The van der Waals surface area contributed by atoms with Crippen LogP contribution in [0.3, 0.4) is 0 Å². The lowest BCUT2D eigenvalue weighted by Gasteiger charge is -2.07. The zero-order chi connectivity index (χ0) is 14.0. The van der Waals surface area contributed by atoms with Crippen molar-refractivity contribution in [2.75, 3.05) is 5.32 Å². The number of anilines is 1. The fraction of sp³-hybridized carbons (Fsp3) is 0.250. The summed E-state index contributed by atoms with van der Waals surface area (Å²) < 4.78 is 1.74. The quantitative estimate of drug-likeness (QED) is 0.499. The summed E-state index contributed by atoms with van der Waals surface area (Å²) in [7, 11) is 1.84. The molecule has 2 rings (SSSR count). The number of aryl methyl sites for hydroxylation is 1. The Morgan fingerprint density at radius 1 is 1.53 bits per heavy atom. The van der Waals surface area contributed by atoms with E-state index in [2.05, 4.69) is 10.4 Å². The Kier molecular flexibility index (Phi) is 3.37. The van der Waals surface area contributed by atoms with Crippen LogP contribution in [-0.2, 0) is 13.6 Å². The van der Waals surface area contributed by atoms with E-state index in [1.54, 1.807) is 10.9 Å². The number of aromatic hydroxyl groups is 1. The van der Waals surface area contributed by atoms with Gasteiger partial charge in [0.1, 0.15) is 11.4 Å². The van der Waals surface area contributed by atoms with Gasteiger partial charge in [0.15, 0.2) is 0 Å². The zero-order valence-corrected chi connectivity index (χ0v) is 10.6. The number of rotatable bonds is 4. The third-order valence-corrected chi connectivity index (χ3v) is 2.98. The monoisotopic (exact) mass is 262 g/mol. The van der Waals surface area contributed by atoms with E-state index in [4.69, 9.17) is 0 Å². The Labute approximate surface area is 109 Å². The SMILES string of the molecule is Cc1c(CNc2ccc(O)cc2[N+](=O)[O-])cnn1C. The summed E-state index contributed by atoms with van der Waals surface area (Å²) in [5, 5.41) is 27.3. The molecule has 0 aliphatic heterocycles. The smallest absolute Gasteiger partial charge is 0.296 e. The fourth-order valence-corrected chi connectivity index (χ4v) is 1.73. The average molecular weight is 262 g/mol. The van der Waals surface area contributed by atoms with Gasteiger partial charge in [0.05, 0.1) is 17.2 Å². The van der Waals surface area contributed by atoms with Crippen LogP contribution in [0.25, 0.3) is 0 Å². The molecule has 19 heavy (non-hydrogen) atoms. The minimum atomic E-state index is -0.530. The first-order valence-corrected chi connectivity index (χ1v) is 5.68. The second-order valence-electron chi connectivity index (χ2n) is 4.19. The van der Waals surface area contributed by atoms with Crippen molar-refractivity contribution in [3.63, 3.8) is 0 Å². The molecule has 100 valence electrons. The van der Waals surface area contributed by atoms with E-state index >= 15 is 0 Å². The molecule has 0 fully saturated rings. The van der Waals surface area contributed by atoms with E-state index in [-0.39, 0.29) is 11.4 Å². The van der Waals surface area contributed by atoms with Crippen molar-refractivity contribution in [3.05, 3.63) is 45.8 Å². The topological polar surface area (TPSA) is 93.2 Å². The number of nitro benzene ring substituents is 1. The van der Waals surface area contributed by atoms with Crippen molar-refractivity contribution >= 4 is 11.4 Å². The molecule has 0 aliphatic carbocycles. The molecule has 0 saturated carbocycles. The molecule has 0 radical (unpaired) electrons. The van der Waals surface area contributed by atoms with Crippen LogP contribution in [0, 0.1) is 17.0 Å². The number of aromatic nitrogens is 2. The lowest BCUT2D eigenvalue weighted by atomic mass is 10.2. The van der Waals surface area contributed by atoms with Crippen LogP contribution in [-0.4, -0.2) is 19.8 Å². The van der Waals surface area contributed by atoms with Crippen molar-refractivity contribution in [3.8, 4) is 5.75 Å². The van der Waals surface area contributed by atoms with Gasteiger partial charge in [0, 0.05) is 24.8 Å². The first kappa shape index (κ1) is 12.9. The van der Waals surface area contributed by atoms with E-state index < -0.39 is 4.92 Å². The van der Waals surface area contributed by atoms with Gasteiger partial charge < -0.3 is 10.4 Å². The molecule has 0 unspecified atom stereocenters. The standard InChI is InChI=1S/C12H14N4O3/c1-8-9(7-14-15(8)2)6-13-11-4-3-10(17)5-12(11)16(18)19/h3-5,7,13,17H,6H2,1-2H3. The van der Waals surface area contributed by atoms with Crippen LogP contribution in [0.2, 0.25) is 0 Å². The molecular weight excluding hydrogens is 248 g/mol. The Bertz CT molecular complexity index is 621. The first-order chi connectivity index (χ1) is 8.99. The van der Waals surface area contributed by atoms with Gasteiger partial charge >= 0.3 is 0 Å². The lowest BCUT2D eigenvalue weighted by molar-refractivity contribution is -0.384. The summed E-state index contributed by atoms with van der Waals surface area (Å²) in [6, 6.07) is 4.02. The number of nitrogens with one attached hydrogen (secondary N) is 1. The maximum absolute atomic E-state index is 10.9. The molecule has 0 spiro atoms. The van der Waals surface area contributed by atoms with Gasteiger partial charge in [0.2, 0.25) is 0 Å². The van der Waals surface area contributed by atoms with E-state index in [9.17, 15) is 15.2 Å². The minimum Gasteiger partial charge on any atom is -0.508 e. The van der Waals surface area contributed by atoms with Gasteiger partial charge in [-0.15, -0.1) is 0 Å². The molecule has 0 amide bonds. The largest absolute Gasteiger partial charge is 0.508 e. The van der Waals surface area contributed by atoms with Crippen LogP contribution >= 0.6 is 0 Å². The van der Waals surface area contributed by atoms with Crippen molar-refractivity contribution in [1.29, 1.82) is 0 Å². The van der Waals surface area contributed by atoms with Gasteiger partial charge in [0.25, 0.3) is 5.69 Å². The summed E-state index contributed by atoms with van der Waals surface area (Å²) in [5.41, 5.74) is 2.17. The van der Waals surface area contributed by atoms with Gasteiger partial charge in [-0.3, -0.25) is 14.8 Å². The van der Waals surface area contributed by atoms with Crippen molar-refractivity contribution in [2.24, 2.45) is 7.05 Å². The Morgan fingerprint density at radius 3 is 2.84 bits per heavy atom. The molecule has 0 bridgehead atoms. The van der Waals surface area contributed by atoms with Gasteiger partial charge in [-0.25, -0.2) is 0 Å².